The van der Waals surface area contributed by atoms with Crippen LogP contribution >= 0.6 is 49.6 Å². The standard InChI is InChI=1S/2C11H19N3.4ClH/c2*1-10(2)14-6-3-4-11(14)8-13-7-5-12-9-13;;;;/h2*5,7,9-11H,3-4,6,8H2,1-2H3;4*1H/t2*11-;;;;/m10..../s1. The van der Waals surface area contributed by atoms with Crippen molar-refractivity contribution in [2.45, 2.75) is 90.6 Å². The number of halogens is 4. The van der Waals surface area contributed by atoms with E-state index in [0.717, 1.165) is 13.1 Å². The first-order valence-corrected chi connectivity index (χ1v) is 11.0. The van der Waals surface area contributed by atoms with Crippen molar-refractivity contribution in [3.05, 3.63) is 37.4 Å². The summed E-state index contributed by atoms with van der Waals surface area (Å²) in [6, 6.07) is 2.77. The molecule has 0 radical (unpaired) electrons. The van der Waals surface area contributed by atoms with Crippen LogP contribution in [0.15, 0.2) is 37.4 Å². The Morgan fingerprint density at radius 3 is 1.34 bits per heavy atom. The van der Waals surface area contributed by atoms with E-state index in [1.54, 1.807) is 0 Å². The van der Waals surface area contributed by atoms with Gasteiger partial charge >= 0.3 is 0 Å². The molecule has 188 valence electrons. The first-order chi connectivity index (χ1) is 13.5. The third kappa shape index (κ3) is 9.78. The molecular formula is C22H42Cl4N6. The van der Waals surface area contributed by atoms with Gasteiger partial charge in [0.05, 0.1) is 12.7 Å². The Morgan fingerprint density at radius 2 is 1.06 bits per heavy atom. The lowest BCUT2D eigenvalue weighted by atomic mass is 10.2. The third-order valence-corrected chi connectivity index (χ3v) is 6.13. The molecule has 0 spiro atoms. The van der Waals surface area contributed by atoms with Gasteiger partial charge in [-0.1, -0.05) is 0 Å². The van der Waals surface area contributed by atoms with Crippen molar-refractivity contribution in [3.8, 4) is 0 Å². The van der Waals surface area contributed by atoms with Crippen molar-refractivity contribution in [1.82, 2.24) is 28.9 Å². The normalized spacial score (nSPS) is 20.6. The van der Waals surface area contributed by atoms with E-state index in [9.17, 15) is 0 Å². The van der Waals surface area contributed by atoms with Crippen LogP contribution < -0.4 is 0 Å². The zero-order chi connectivity index (χ0) is 19.9. The number of likely N-dealkylation sites (tertiary alicyclic amines) is 2. The summed E-state index contributed by atoms with van der Waals surface area (Å²) in [5.74, 6) is 0. The smallest absolute Gasteiger partial charge is 0.0946 e. The Balaban J connectivity index is 0. The number of imidazole rings is 2. The van der Waals surface area contributed by atoms with Crippen LogP contribution in [0.4, 0.5) is 0 Å². The molecule has 0 aliphatic carbocycles. The van der Waals surface area contributed by atoms with Crippen LogP contribution in [0.25, 0.3) is 0 Å². The fraction of sp³-hybridized carbons (Fsp3) is 0.727. The van der Waals surface area contributed by atoms with Crippen molar-refractivity contribution in [3.63, 3.8) is 0 Å². The van der Waals surface area contributed by atoms with Crippen molar-refractivity contribution in [2.24, 2.45) is 0 Å². The zero-order valence-corrected chi connectivity index (χ0v) is 23.0. The highest BCUT2D eigenvalue weighted by Crippen LogP contribution is 2.22. The summed E-state index contributed by atoms with van der Waals surface area (Å²) < 4.78 is 4.37. The molecule has 2 saturated heterocycles. The molecule has 32 heavy (non-hydrogen) atoms. The second-order valence-corrected chi connectivity index (χ2v) is 8.77. The van der Waals surface area contributed by atoms with E-state index in [2.05, 4.69) is 69.0 Å². The summed E-state index contributed by atoms with van der Waals surface area (Å²) in [4.78, 5) is 13.4. The molecule has 2 aromatic rings. The van der Waals surface area contributed by atoms with E-state index in [0.29, 0.717) is 24.2 Å². The lowest BCUT2D eigenvalue weighted by molar-refractivity contribution is 0.187. The average molecular weight is 532 g/mol. The van der Waals surface area contributed by atoms with Crippen LogP contribution in [0.3, 0.4) is 0 Å². The van der Waals surface area contributed by atoms with E-state index in [1.807, 2.05) is 25.0 Å². The minimum atomic E-state index is 0. The summed E-state index contributed by atoms with van der Waals surface area (Å²) in [5.41, 5.74) is 0. The third-order valence-electron chi connectivity index (χ3n) is 6.13. The van der Waals surface area contributed by atoms with Crippen molar-refractivity contribution >= 4 is 49.6 Å². The summed E-state index contributed by atoms with van der Waals surface area (Å²) in [6.45, 7) is 13.8. The Labute approximate surface area is 219 Å². The second-order valence-electron chi connectivity index (χ2n) is 8.77. The lowest BCUT2D eigenvalue weighted by Crippen LogP contribution is -2.37. The van der Waals surface area contributed by atoms with Gasteiger partial charge in [0.2, 0.25) is 0 Å². The second kappa shape index (κ2) is 17.0. The topological polar surface area (TPSA) is 42.1 Å². The van der Waals surface area contributed by atoms with E-state index in [4.69, 9.17) is 0 Å². The lowest BCUT2D eigenvalue weighted by Gasteiger charge is -2.28. The molecule has 4 rings (SSSR count). The Bertz CT molecular complexity index is 608. The molecule has 0 saturated carbocycles. The maximum Gasteiger partial charge on any atom is 0.0946 e. The molecular weight excluding hydrogens is 490 g/mol. The van der Waals surface area contributed by atoms with Crippen LogP contribution in [0, 0.1) is 0 Å². The molecule has 2 aliphatic heterocycles. The number of hydrogen-bond donors (Lipinski definition) is 0. The summed E-state index contributed by atoms with van der Waals surface area (Å²) in [5, 5.41) is 0. The van der Waals surface area contributed by atoms with Crippen LogP contribution in [-0.4, -0.2) is 66.2 Å². The van der Waals surface area contributed by atoms with E-state index >= 15 is 0 Å². The summed E-state index contributed by atoms with van der Waals surface area (Å²) >= 11 is 0. The molecule has 0 N–H and O–H groups in total. The molecule has 0 bridgehead atoms. The van der Waals surface area contributed by atoms with Crippen LogP contribution in [0.1, 0.15) is 53.4 Å². The molecule has 0 amide bonds. The first-order valence-electron chi connectivity index (χ1n) is 11.0. The van der Waals surface area contributed by atoms with Gasteiger partial charge in [-0.3, -0.25) is 9.80 Å². The molecule has 2 aliphatic rings. The molecule has 0 unspecified atom stereocenters. The highest BCUT2D eigenvalue weighted by atomic mass is 35.5. The van der Waals surface area contributed by atoms with E-state index < -0.39 is 0 Å². The van der Waals surface area contributed by atoms with Gasteiger partial charge in [-0.2, -0.15) is 0 Å². The molecule has 2 aromatic heterocycles. The minimum absolute atomic E-state index is 0. The van der Waals surface area contributed by atoms with Gasteiger partial charge in [0.15, 0.2) is 0 Å². The fourth-order valence-electron chi connectivity index (χ4n) is 4.74. The van der Waals surface area contributed by atoms with E-state index in [-0.39, 0.29) is 49.6 Å². The predicted octanol–water partition coefficient (Wildman–Crippen LogP) is 5.20. The maximum atomic E-state index is 4.08. The predicted molar refractivity (Wildman–Crippen MR) is 143 cm³/mol. The highest BCUT2D eigenvalue weighted by Gasteiger charge is 2.27. The molecule has 6 nitrogen and oxygen atoms in total. The quantitative estimate of drug-likeness (QED) is 0.513. The van der Waals surface area contributed by atoms with Gasteiger partial charge in [0.1, 0.15) is 0 Å². The maximum absolute atomic E-state index is 4.08. The van der Waals surface area contributed by atoms with Gasteiger partial charge in [0, 0.05) is 62.0 Å². The van der Waals surface area contributed by atoms with Crippen molar-refractivity contribution in [2.75, 3.05) is 13.1 Å². The van der Waals surface area contributed by atoms with Crippen molar-refractivity contribution < 1.29 is 0 Å². The van der Waals surface area contributed by atoms with Gasteiger partial charge in [-0.25, -0.2) is 9.97 Å². The number of hydrogen-bond acceptors (Lipinski definition) is 4. The monoisotopic (exact) mass is 530 g/mol. The summed E-state index contributed by atoms with van der Waals surface area (Å²) in [7, 11) is 0. The summed E-state index contributed by atoms with van der Waals surface area (Å²) in [6.07, 6.45) is 17.0. The molecule has 4 heterocycles. The number of nitrogens with zero attached hydrogens (tertiary/aromatic N) is 6. The van der Waals surface area contributed by atoms with Crippen LogP contribution in [0.5, 0.6) is 0 Å². The Morgan fingerprint density at radius 1 is 0.688 bits per heavy atom. The Kier molecular flexibility index (Phi) is 17.9. The van der Waals surface area contributed by atoms with Gasteiger partial charge in [-0.15, -0.1) is 49.6 Å². The van der Waals surface area contributed by atoms with E-state index in [1.165, 1.54) is 38.8 Å². The number of aromatic nitrogens is 4. The van der Waals surface area contributed by atoms with Crippen LogP contribution in [-0.2, 0) is 13.1 Å². The molecule has 2 atom stereocenters. The Hall–Kier alpha value is -0.500. The van der Waals surface area contributed by atoms with Crippen LogP contribution in [0.2, 0.25) is 0 Å². The van der Waals surface area contributed by atoms with Crippen molar-refractivity contribution in [1.29, 1.82) is 0 Å². The van der Waals surface area contributed by atoms with Gasteiger partial charge in [0.25, 0.3) is 0 Å². The number of rotatable bonds is 6. The SMILES string of the molecule is CC(C)N1CCC[C@@H]1Cn1ccnc1.CC(C)N1CCC[C@H]1Cn1ccnc1.Cl.Cl.Cl.Cl. The fourth-order valence-corrected chi connectivity index (χ4v) is 4.74. The van der Waals surface area contributed by atoms with Gasteiger partial charge < -0.3 is 9.13 Å². The minimum Gasteiger partial charge on any atom is -0.336 e. The van der Waals surface area contributed by atoms with Gasteiger partial charge in [-0.05, 0) is 66.5 Å². The molecule has 2 fully saturated rings. The molecule has 10 heteroatoms. The zero-order valence-electron chi connectivity index (χ0n) is 19.7. The first kappa shape index (κ1) is 33.7. The highest BCUT2D eigenvalue weighted by molar-refractivity contribution is 5.86. The molecule has 0 aromatic carbocycles. The largest absolute Gasteiger partial charge is 0.336 e. The average Bonchev–Trinajstić information content (AvgIpc) is 3.45.